The fourth-order valence-corrected chi connectivity index (χ4v) is 0.708. The van der Waals surface area contributed by atoms with Crippen LogP contribution in [0.2, 0.25) is 0 Å². The number of nitrogen functional groups attached to an aromatic ring is 1. The van der Waals surface area contributed by atoms with E-state index in [0.29, 0.717) is 6.07 Å². The summed E-state index contributed by atoms with van der Waals surface area (Å²) in [5, 5.41) is 6.86. The topological polar surface area (TPSA) is 49.9 Å². The number of hydrogen-bond acceptors (Lipinski definition) is 1. The Labute approximate surface area is 74.3 Å². The molecule has 0 radical (unpaired) electrons. The first-order valence-electron chi connectivity index (χ1n) is 2.90. The molecule has 0 spiro atoms. The number of nitrogens with two attached hydrogens (primary N) is 1. The van der Waals surface area contributed by atoms with Crippen LogP contribution in [0.4, 0.5) is 8.78 Å². The van der Waals surface area contributed by atoms with Gasteiger partial charge in [-0.25, -0.2) is 8.78 Å². The molecular weight excluding hydrogens is 186 g/mol. The molecule has 1 aromatic rings. The van der Waals surface area contributed by atoms with Crippen molar-refractivity contribution < 1.29 is 8.78 Å². The smallest absolute Gasteiger partial charge is 0.137 e. The number of rotatable bonds is 1. The first-order chi connectivity index (χ1) is 5.11. The Morgan fingerprint density at radius 1 is 1.33 bits per heavy atom. The van der Waals surface area contributed by atoms with Gasteiger partial charge < -0.3 is 5.73 Å². The minimum Gasteiger partial charge on any atom is -0.384 e. The van der Waals surface area contributed by atoms with Crippen LogP contribution < -0.4 is 5.73 Å². The number of hydrogen-bond donors (Lipinski definition) is 2. The van der Waals surface area contributed by atoms with Crippen LogP contribution in [0.5, 0.6) is 0 Å². The zero-order chi connectivity index (χ0) is 8.43. The summed E-state index contributed by atoms with van der Waals surface area (Å²) < 4.78 is 24.9. The molecule has 5 heteroatoms. The average molecular weight is 193 g/mol. The van der Waals surface area contributed by atoms with Gasteiger partial charge in [0.05, 0.1) is 5.56 Å². The highest BCUT2D eigenvalue weighted by molar-refractivity contribution is 5.95. The van der Waals surface area contributed by atoms with Gasteiger partial charge in [0.15, 0.2) is 0 Å². The lowest BCUT2D eigenvalue weighted by Gasteiger charge is -1.98. The predicted molar refractivity (Wildman–Crippen MR) is 44.6 cm³/mol. The largest absolute Gasteiger partial charge is 0.384 e. The van der Waals surface area contributed by atoms with E-state index < -0.39 is 17.5 Å². The molecule has 0 saturated heterocycles. The highest BCUT2D eigenvalue weighted by atomic mass is 35.5. The van der Waals surface area contributed by atoms with Crippen molar-refractivity contribution in [3.05, 3.63) is 35.4 Å². The molecule has 0 bridgehead atoms. The van der Waals surface area contributed by atoms with E-state index in [-0.39, 0.29) is 18.0 Å². The van der Waals surface area contributed by atoms with Crippen LogP contribution in [0, 0.1) is 17.0 Å². The molecule has 0 aromatic heterocycles. The maximum Gasteiger partial charge on any atom is 0.137 e. The summed E-state index contributed by atoms with van der Waals surface area (Å²) in [4.78, 5) is 0. The van der Waals surface area contributed by atoms with Crippen molar-refractivity contribution in [3.63, 3.8) is 0 Å². The number of amidine groups is 1. The van der Waals surface area contributed by atoms with Crippen LogP contribution >= 0.6 is 12.4 Å². The van der Waals surface area contributed by atoms with Gasteiger partial charge in [-0.2, -0.15) is 0 Å². The van der Waals surface area contributed by atoms with Gasteiger partial charge in [-0.3, -0.25) is 5.41 Å². The van der Waals surface area contributed by atoms with Crippen LogP contribution in [0.3, 0.4) is 0 Å². The van der Waals surface area contributed by atoms with Gasteiger partial charge in [-0.15, -0.1) is 12.4 Å². The molecule has 1 aromatic carbocycles. The van der Waals surface area contributed by atoms with Gasteiger partial charge in [0.2, 0.25) is 0 Å². The normalized spacial score (nSPS) is 8.83. The quantitative estimate of drug-likeness (QED) is 0.516. The zero-order valence-electron chi connectivity index (χ0n) is 5.97. The maximum absolute atomic E-state index is 12.6. The lowest BCUT2D eigenvalue weighted by atomic mass is 10.2. The molecule has 2 nitrogen and oxygen atoms in total. The van der Waals surface area contributed by atoms with Gasteiger partial charge in [0.1, 0.15) is 17.5 Å². The summed E-state index contributed by atoms with van der Waals surface area (Å²) in [6.45, 7) is 0. The van der Waals surface area contributed by atoms with Gasteiger partial charge >= 0.3 is 0 Å². The molecule has 12 heavy (non-hydrogen) atoms. The van der Waals surface area contributed by atoms with Gasteiger partial charge in [-0.1, -0.05) is 0 Å². The van der Waals surface area contributed by atoms with Crippen molar-refractivity contribution in [1.29, 1.82) is 5.41 Å². The summed E-state index contributed by atoms with van der Waals surface area (Å²) >= 11 is 0. The van der Waals surface area contributed by atoms with Gasteiger partial charge in [0.25, 0.3) is 0 Å². The van der Waals surface area contributed by atoms with E-state index in [1.165, 1.54) is 0 Å². The van der Waals surface area contributed by atoms with E-state index >= 15 is 0 Å². The highest BCUT2D eigenvalue weighted by Gasteiger charge is 2.04. The minimum atomic E-state index is -0.808. The summed E-state index contributed by atoms with van der Waals surface area (Å²) in [5.41, 5.74) is 4.91. The van der Waals surface area contributed by atoms with Crippen LogP contribution in [0.15, 0.2) is 18.2 Å². The molecule has 1 rings (SSSR count). The fraction of sp³-hybridized carbons (Fsp3) is 0. The van der Waals surface area contributed by atoms with E-state index in [0.717, 1.165) is 12.1 Å². The summed E-state index contributed by atoms with van der Waals surface area (Å²) in [6, 6.07) is 2.88. The minimum absolute atomic E-state index is 0. The summed E-state index contributed by atoms with van der Waals surface area (Å²) in [7, 11) is 0. The first-order valence-corrected chi connectivity index (χ1v) is 2.90. The van der Waals surface area contributed by atoms with E-state index in [2.05, 4.69) is 0 Å². The third-order valence-electron chi connectivity index (χ3n) is 1.22. The second-order valence-corrected chi connectivity index (χ2v) is 2.04. The van der Waals surface area contributed by atoms with Crippen LogP contribution in [0.1, 0.15) is 5.56 Å². The van der Waals surface area contributed by atoms with Crippen molar-refractivity contribution in [2.45, 2.75) is 0 Å². The molecule has 0 aliphatic heterocycles. The summed E-state index contributed by atoms with van der Waals surface area (Å²) in [6.07, 6.45) is 0. The van der Waals surface area contributed by atoms with Gasteiger partial charge in [0, 0.05) is 6.07 Å². The highest BCUT2D eigenvalue weighted by Crippen LogP contribution is 2.07. The molecule has 66 valence electrons. The van der Waals surface area contributed by atoms with Crippen molar-refractivity contribution >= 4 is 18.2 Å². The van der Waals surface area contributed by atoms with Crippen LogP contribution in [0.25, 0.3) is 0 Å². The van der Waals surface area contributed by atoms with Gasteiger partial charge in [-0.05, 0) is 12.1 Å². The second kappa shape index (κ2) is 4.01. The van der Waals surface area contributed by atoms with Crippen LogP contribution in [-0.4, -0.2) is 5.84 Å². The van der Waals surface area contributed by atoms with E-state index in [9.17, 15) is 8.78 Å². The Morgan fingerprint density at radius 2 is 1.92 bits per heavy atom. The molecular formula is C7H7ClF2N2. The monoisotopic (exact) mass is 192 g/mol. The number of halogens is 3. The lowest BCUT2D eigenvalue weighted by molar-refractivity contribution is 0.581. The Kier molecular flexibility index (Phi) is 3.63. The van der Waals surface area contributed by atoms with E-state index in [1.807, 2.05) is 0 Å². The average Bonchev–Trinajstić information content (AvgIpc) is 1.85. The van der Waals surface area contributed by atoms with Crippen molar-refractivity contribution in [3.8, 4) is 0 Å². The predicted octanol–water partition coefficient (Wildman–Crippen LogP) is 1.67. The van der Waals surface area contributed by atoms with Crippen molar-refractivity contribution in [2.24, 2.45) is 5.73 Å². The van der Waals surface area contributed by atoms with Crippen molar-refractivity contribution in [1.82, 2.24) is 0 Å². The van der Waals surface area contributed by atoms with E-state index in [1.54, 1.807) is 0 Å². The Morgan fingerprint density at radius 3 is 2.33 bits per heavy atom. The second-order valence-electron chi connectivity index (χ2n) is 2.04. The molecule has 0 aliphatic carbocycles. The van der Waals surface area contributed by atoms with Crippen molar-refractivity contribution in [2.75, 3.05) is 0 Å². The Balaban J connectivity index is 0.00000121. The Bertz CT molecular complexity index is 301. The van der Waals surface area contributed by atoms with Crippen LogP contribution in [-0.2, 0) is 0 Å². The SMILES string of the molecule is Cl.N=C(N)c1ccc(F)cc1F. The first kappa shape index (κ1) is 10.8. The molecule has 0 heterocycles. The zero-order valence-corrected chi connectivity index (χ0v) is 6.79. The molecule has 0 atom stereocenters. The summed E-state index contributed by atoms with van der Waals surface area (Å²) in [5.74, 6) is -1.88. The third kappa shape index (κ3) is 2.17. The molecule has 0 fully saturated rings. The number of nitrogens with one attached hydrogen (secondary N) is 1. The maximum atomic E-state index is 12.6. The molecule has 0 saturated carbocycles. The molecule has 0 aliphatic rings. The molecule has 0 amide bonds. The standard InChI is InChI=1S/C7H6F2N2.ClH/c8-4-1-2-5(7(10)11)6(9)3-4;/h1-3H,(H3,10,11);1H. The Hall–Kier alpha value is -1.16. The van der Waals surface area contributed by atoms with E-state index in [4.69, 9.17) is 11.1 Å². The third-order valence-corrected chi connectivity index (χ3v) is 1.22. The fourth-order valence-electron chi connectivity index (χ4n) is 0.708. The number of benzene rings is 1. The lowest BCUT2D eigenvalue weighted by Crippen LogP contribution is -2.13. The molecule has 3 N–H and O–H groups in total. The molecule has 0 unspecified atom stereocenters.